The van der Waals surface area contributed by atoms with E-state index in [0.717, 1.165) is 11.5 Å². The lowest BCUT2D eigenvalue weighted by Crippen LogP contribution is -2.28. The summed E-state index contributed by atoms with van der Waals surface area (Å²) < 4.78 is 10.8. The Labute approximate surface area is 109 Å². The highest BCUT2D eigenvalue weighted by molar-refractivity contribution is 5.43. The number of hydrogen-bond acceptors (Lipinski definition) is 3. The van der Waals surface area contributed by atoms with Crippen LogP contribution in [0.5, 0.6) is 11.5 Å². The standard InChI is InChI=1S/C15H23NO2/c1-10-12(7-8-14(10)16-2)13-6-5-11(17-3)9-15(13)18-4/h5-6,9-10,12,14,16H,7-8H2,1-4H3. The summed E-state index contributed by atoms with van der Waals surface area (Å²) in [5, 5.41) is 3.41. The van der Waals surface area contributed by atoms with Gasteiger partial charge >= 0.3 is 0 Å². The zero-order chi connectivity index (χ0) is 13.1. The van der Waals surface area contributed by atoms with E-state index in [2.05, 4.69) is 25.4 Å². The molecule has 18 heavy (non-hydrogen) atoms. The van der Waals surface area contributed by atoms with E-state index >= 15 is 0 Å². The summed E-state index contributed by atoms with van der Waals surface area (Å²) in [7, 11) is 5.46. The van der Waals surface area contributed by atoms with Crippen molar-refractivity contribution in [3.8, 4) is 11.5 Å². The summed E-state index contributed by atoms with van der Waals surface area (Å²) >= 11 is 0. The summed E-state index contributed by atoms with van der Waals surface area (Å²) in [6.07, 6.45) is 2.45. The molecule has 2 rings (SSSR count). The van der Waals surface area contributed by atoms with Crippen molar-refractivity contribution in [2.24, 2.45) is 5.92 Å². The molecule has 0 aliphatic heterocycles. The third-order valence-electron chi connectivity index (χ3n) is 4.27. The summed E-state index contributed by atoms with van der Waals surface area (Å²) in [4.78, 5) is 0. The van der Waals surface area contributed by atoms with Crippen molar-refractivity contribution in [3.63, 3.8) is 0 Å². The van der Waals surface area contributed by atoms with E-state index < -0.39 is 0 Å². The number of ether oxygens (including phenoxy) is 2. The van der Waals surface area contributed by atoms with Crippen molar-refractivity contribution >= 4 is 0 Å². The third kappa shape index (κ3) is 2.32. The Morgan fingerprint density at radius 1 is 1.17 bits per heavy atom. The molecule has 1 aliphatic rings. The molecule has 0 bridgehead atoms. The molecule has 1 aromatic rings. The fraction of sp³-hybridized carbons (Fsp3) is 0.600. The second kappa shape index (κ2) is 5.61. The Bertz CT molecular complexity index is 405. The van der Waals surface area contributed by atoms with Crippen molar-refractivity contribution in [3.05, 3.63) is 23.8 Å². The summed E-state index contributed by atoms with van der Waals surface area (Å²) in [6, 6.07) is 6.77. The molecule has 0 spiro atoms. The molecule has 3 nitrogen and oxygen atoms in total. The van der Waals surface area contributed by atoms with E-state index in [1.807, 2.05) is 12.1 Å². The molecule has 3 heteroatoms. The predicted molar refractivity (Wildman–Crippen MR) is 73.5 cm³/mol. The van der Waals surface area contributed by atoms with Crippen LogP contribution >= 0.6 is 0 Å². The van der Waals surface area contributed by atoms with E-state index in [-0.39, 0.29) is 0 Å². The van der Waals surface area contributed by atoms with Crippen molar-refractivity contribution in [2.75, 3.05) is 21.3 Å². The number of nitrogens with one attached hydrogen (secondary N) is 1. The molecule has 1 saturated carbocycles. The van der Waals surface area contributed by atoms with Crippen LogP contribution in [0.3, 0.4) is 0 Å². The molecule has 1 fully saturated rings. The molecule has 1 aliphatic carbocycles. The molecule has 0 aromatic heterocycles. The Balaban J connectivity index is 2.28. The van der Waals surface area contributed by atoms with Gasteiger partial charge in [-0.25, -0.2) is 0 Å². The minimum Gasteiger partial charge on any atom is -0.497 e. The molecule has 1 aromatic carbocycles. The molecule has 0 amide bonds. The maximum atomic E-state index is 5.52. The molecule has 3 atom stereocenters. The second-order valence-electron chi connectivity index (χ2n) is 5.05. The zero-order valence-electron chi connectivity index (χ0n) is 11.7. The monoisotopic (exact) mass is 249 g/mol. The van der Waals surface area contributed by atoms with E-state index in [1.54, 1.807) is 14.2 Å². The Morgan fingerprint density at radius 2 is 1.94 bits per heavy atom. The molecule has 0 saturated heterocycles. The number of rotatable bonds is 4. The first-order valence-corrected chi connectivity index (χ1v) is 6.60. The van der Waals surface area contributed by atoms with Crippen molar-refractivity contribution in [1.29, 1.82) is 0 Å². The van der Waals surface area contributed by atoms with Gasteiger partial charge in [0, 0.05) is 12.1 Å². The Morgan fingerprint density at radius 3 is 2.50 bits per heavy atom. The lowest BCUT2D eigenvalue weighted by atomic mass is 9.88. The van der Waals surface area contributed by atoms with Gasteiger partial charge in [0.25, 0.3) is 0 Å². The summed E-state index contributed by atoms with van der Waals surface area (Å²) in [5.74, 6) is 3.01. The van der Waals surface area contributed by atoms with Crippen molar-refractivity contribution in [2.45, 2.75) is 31.7 Å². The molecule has 100 valence electrons. The van der Waals surface area contributed by atoms with Gasteiger partial charge in [0.05, 0.1) is 14.2 Å². The van der Waals surface area contributed by atoms with Gasteiger partial charge < -0.3 is 14.8 Å². The lowest BCUT2D eigenvalue weighted by molar-refractivity contribution is 0.377. The molecule has 1 N–H and O–H groups in total. The summed E-state index contributed by atoms with van der Waals surface area (Å²) in [5.41, 5.74) is 1.31. The average Bonchev–Trinajstić information content (AvgIpc) is 2.78. The van der Waals surface area contributed by atoms with Gasteiger partial charge in [-0.05, 0) is 43.4 Å². The lowest BCUT2D eigenvalue weighted by Gasteiger charge is -2.22. The highest BCUT2D eigenvalue weighted by atomic mass is 16.5. The first-order valence-electron chi connectivity index (χ1n) is 6.60. The van der Waals surface area contributed by atoms with Crippen LogP contribution in [0.15, 0.2) is 18.2 Å². The van der Waals surface area contributed by atoms with Gasteiger partial charge in [-0.1, -0.05) is 13.0 Å². The molecular weight excluding hydrogens is 226 g/mol. The van der Waals surface area contributed by atoms with Gasteiger partial charge in [0.15, 0.2) is 0 Å². The van der Waals surface area contributed by atoms with E-state index in [1.165, 1.54) is 18.4 Å². The van der Waals surface area contributed by atoms with Crippen LogP contribution in [0.4, 0.5) is 0 Å². The highest BCUT2D eigenvalue weighted by Crippen LogP contribution is 2.43. The topological polar surface area (TPSA) is 30.5 Å². The third-order valence-corrected chi connectivity index (χ3v) is 4.27. The first-order chi connectivity index (χ1) is 8.71. The van der Waals surface area contributed by atoms with Crippen LogP contribution in [0.2, 0.25) is 0 Å². The number of hydrogen-bond donors (Lipinski definition) is 1. The van der Waals surface area contributed by atoms with Gasteiger partial charge in [-0.2, -0.15) is 0 Å². The maximum absolute atomic E-state index is 5.52. The molecule has 3 unspecified atom stereocenters. The molecule has 0 radical (unpaired) electrons. The maximum Gasteiger partial charge on any atom is 0.126 e. The normalized spacial score (nSPS) is 27.2. The second-order valence-corrected chi connectivity index (χ2v) is 5.05. The van der Waals surface area contributed by atoms with Gasteiger partial charge in [-0.3, -0.25) is 0 Å². The van der Waals surface area contributed by atoms with Crippen LogP contribution < -0.4 is 14.8 Å². The summed E-state index contributed by atoms with van der Waals surface area (Å²) in [6.45, 7) is 2.32. The minimum absolute atomic E-state index is 0.573. The average molecular weight is 249 g/mol. The smallest absolute Gasteiger partial charge is 0.126 e. The first kappa shape index (κ1) is 13.2. The van der Waals surface area contributed by atoms with Crippen LogP contribution in [0, 0.1) is 5.92 Å². The van der Waals surface area contributed by atoms with E-state index in [0.29, 0.717) is 17.9 Å². The SMILES string of the molecule is CNC1CCC(c2ccc(OC)cc2OC)C1C. The van der Waals surface area contributed by atoms with Gasteiger partial charge in [0.2, 0.25) is 0 Å². The van der Waals surface area contributed by atoms with Gasteiger partial charge in [0.1, 0.15) is 11.5 Å². The quantitative estimate of drug-likeness (QED) is 0.890. The van der Waals surface area contributed by atoms with Crippen LogP contribution in [0.1, 0.15) is 31.2 Å². The van der Waals surface area contributed by atoms with Crippen LogP contribution in [-0.4, -0.2) is 27.3 Å². The van der Waals surface area contributed by atoms with Crippen LogP contribution in [-0.2, 0) is 0 Å². The fourth-order valence-electron chi connectivity index (χ4n) is 3.14. The van der Waals surface area contributed by atoms with Crippen molar-refractivity contribution < 1.29 is 9.47 Å². The Hall–Kier alpha value is -1.22. The van der Waals surface area contributed by atoms with Gasteiger partial charge in [-0.15, -0.1) is 0 Å². The van der Waals surface area contributed by atoms with E-state index in [9.17, 15) is 0 Å². The fourth-order valence-corrected chi connectivity index (χ4v) is 3.14. The number of methoxy groups -OCH3 is 2. The largest absolute Gasteiger partial charge is 0.497 e. The van der Waals surface area contributed by atoms with E-state index in [4.69, 9.17) is 9.47 Å². The highest BCUT2D eigenvalue weighted by Gasteiger charge is 2.34. The van der Waals surface area contributed by atoms with Crippen LogP contribution in [0.25, 0.3) is 0 Å². The molecule has 0 heterocycles. The minimum atomic E-state index is 0.573. The zero-order valence-corrected chi connectivity index (χ0v) is 11.7. The Kier molecular flexibility index (Phi) is 4.12. The predicted octanol–water partition coefficient (Wildman–Crippen LogP) is 2.81. The number of benzene rings is 1. The molecular formula is C15H23NO2. The van der Waals surface area contributed by atoms with Crippen molar-refractivity contribution in [1.82, 2.24) is 5.32 Å².